The lowest BCUT2D eigenvalue weighted by Gasteiger charge is -2.04. The number of methoxy groups -OCH3 is 1. The van der Waals surface area contributed by atoms with Gasteiger partial charge in [-0.2, -0.15) is 5.10 Å². The number of aromatic nitrogens is 2. The molecule has 94 valence electrons. The highest BCUT2D eigenvalue weighted by Gasteiger charge is 2.13. The summed E-state index contributed by atoms with van der Waals surface area (Å²) in [6.45, 7) is 3.66. The lowest BCUT2D eigenvalue weighted by molar-refractivity contribution is -0.141. The van der Waals surface area contributed by atoms with Crippen LogP contribution in [0.4, 0.5) is 0 Å². The number of carbonyl (C=O) groups excluding carboxylic acids is 2. The van der Waals surface area contributed by atoms with E-state index in [0.29, 0.717) is 0 Å². The Labute approximate surface area is 99.9 Å². The molecule has 0 fully saturated rings. The lowest BCUT2D eigenvalue weighted by atomic mass is 10.1. The second-order valence-electron chi connectivity index (χ2n) is 3.80. The molecule has 0 atom stereocenters. The maximum Gasteiger partial charge on any atom is 0.325 e. The fraction of sp³-hybridized carbons (Fsp3) is 0.545. The quantitative estimate of drug-likeness (QED) is 0.743. The molecule has 1 amide bonds. The first-order valence-corrected chi connectivity index (χ1v) is 5.28. The third-order valence-corrected chi connectivity index (χ3v) is 2.65. The van der Waals surface area contributed by atoms with Crippen molar-refractivity contribution in [2.45, 2.75) is 20.3 Å². The smallest absolute Gasteiger partial charge is 0.325 e. The highest BCUT2D eigenvalue weighted by molar-refractivity contribution is 5.83. The SMILES string of the molecule is COC(=O)CNC(=O)Cc1c(C)nn(C)c1C. The predicted molar refractivity (Wildman–Crippen MR) is 61.4 cm³/mol. The van der Waals surface area contributed by atoms with Crippen LogP contribution in [-0.2, 0) is 27.8 Å². The van der Waals surface area contributed by atoms with Gasteiger partial charge in [0.2, 0.25) is 5.91 Å². The van der Waals surface area contributed by atoms with Crippen molar-refractivity contribution in [1.82, 2.24) is 15.1 Å². The molecule has 0 aromatic carbocycles. The first-order valence-electron chi connectivity index (χ1n) is 5.28. The zero-order chi connectivity index (χ0) is 13.0. The van der Waals surface area contributed by atoms with Gasteiger partial charge in [0, 0.05) is 18.3 Å². The van der Waals surface area contributed by atoms with Crippen molar-refractivity contribution in [2.24, 2.45) is 7.05 Å². The largest absolute Gasteiger partial charge is 0.468 e. The van der Waals surface area contributed by atoms with Gasteiger partial charge in [0.25, 0.3) is 0 Å². The monoisotopic (exact) mass is 239 g/mol. The number of esters is 1. The molecular formula is C11H17N3O3. The van der Waals surface area contributed by atoms with E-state index in [0.717, 1.165) is 17.0 Å². The summed E-state index contributed by atoms with van der Waals surface area (Å²) in [5.41, 5.74) is 2.68. The molecule has 1 aromatic heterocycles. The molecule has 1 N–H and O–H groups in total. The Kier molecular flexibility index (Phi) is 4.25. The lowest BCUT2D eigenvalue weighted by Crippen LogP contribution is -2.31. The number of carbonyl (C=O) groups is 2. The normalized spacial score (nSPS) is 10.1. The average Bonchev–Trinajstić information content (AvgIpc) is 2.53. The number of nitrogens with zero attached hydrogens (tertiary/aromatic N) is 2. The number of nitrogens with one attached hydrogen (secondary N) is 1. The van der Waals surface area contributed by atoms with Gasteiger partial charge in [-0.05, 0) is 13.8 Å². The fourth-order valence-corrected chi connectivity index (χ4v) is 1.54. The molecule has 0 unspecified atom stereocenters. The summed E-state index contributed by atoms with van der Waals surface area (Å²) >= 11 is 0. The van der Waals surface area contributed by atoms with Crippen molar-refractivity contribution in [3.8, 4) is 0 Å². The maximum atomic E-state index is 11.6. The molecule has 0 saturated heterocycles. The van der Waals surface area contributed by atoms with Gasteiger partial charge in [0.15, 0.2) is 0 Å². The Balaban J connectivity index is 2.59. The Hall–Kier alpha value is -1.85. The molecule has 1 aromatic rings. The number of amides is 1. The highest BCUT2D eigenvalue weighted by Crippen LogP contribution is 2.12. The third kappa shape index (κ3) is 3.30. The number of ether oxygens (including phenoxy) is 1. The summed E-state index contributed by atoms with van der Waals surface area (Å²) in [7, 11) is 3.11. The van der Waals surface area contributed by atoms with Gasteiger partial charge in [-0.1, -0.05) is 0 Å². The van der Waals surface area contributed by atoms with Crippen LogP contribution < -0.4 is 5.32 Å². The van der Waals surface area contributed by atoms with Gasteiger partial charge in [-0.15, -0.1) is 0 Å². The summed E-state index contributed by atoms with van der Waals surface area (Å²) in [6.07, 6.45) is 0.225. The van der Waals surface area contributed by atoms with Crippen LogP contribution in [0.1, 0.15) is 17.0 Å². The molecule has 1 rings (SSSR count). The first-order chi connectivity index (χ1) is 7.95. The molecule has 6 heteroatoms. The Morgan fingerprint density at radius 3 is 2.53 bits per heavy atom. The summed E-state index contributed by atoms with van der Waals surface area (Å²) < 4.78 is 6.17. The van der Waals surface area contributed by atoms with Crippen molar-refractivity contribution in [2.75, 3.05) is 13.7 Å². The van der Waals surface area contributed by atoms with E-state index in [1.165, 1.54) is 7.11 Å². The van der Waals surface area contributed by atoms with E-state index in [-0.39, 0.29) is 18.9 Å². The summed E-state index contributed by atoms with van der Waals surface area (Å²) in [5.74, 6) is -0.674. The van der Waals surface area contributed by atoms with Gasteiger partial charge in [-0.25, -0.2) is 0 Å². The van der Waals surface area contributed by atoms with Crippen LogP contribution in [0.15, 0.2) is 0 Å². The van der Waals surface area contributed by atoms with Crippen LogP contribution in [0, 0.1) is 13.8 Å². The minimum atomic E-state index is -0.460. The van der Waals surface area contributed by atoms with Gasteiger partial charge in [0.05, 0.1) is 19.2 Å². The molecule has 6 nitrogen and oxygen atoms in total. The molecular weight excluding hydrogens is 222 g/mol. The van der Waals surface area contributed by atoms with E-state index in [9.17, 15) is 9.59 Å². The minimum Gasteiger partial charge on any atom is -0.468 e. The molecule has 0 aliphatic carbocycles. The molecule has 0 bridgehead atoms. The van der Waals surface area contributed by atoms with Crippen molar-refractivity contribution >= 4 is 11.9 Å². The molecule has 17 heavy (non-hydrogen) atoms. The van der Waals surface area contributed by atoms with E-state index in [1.807, 2.05) is 20.9 Å². The highest BCUT2D eigenvalue weighted by atomic mass is 16.5. The van der Waals surface area contributed by atoms with Crippen molar-refractivity contribution in [3.05, 3.63) is 17.0 Å². The van der Waals surface area contributed by atoms with E-state index < -0.39 is 5.97 Å². The van der Waals surface area contributed by atoms with Crippen LogP contribution in [0.5, 0.6) is 0 Å². The fourth-order valence-electron chi connectivity index (χ4n) is 1.54. The Morgan fingerprint density at radius 1 is 1.41 bits per heavy atom. The summed E-state index contributed by atoms with van der Waals surface area (Å²) in [6, 6.07) is 0. The molecule has 0 spiro atoms. The van der Waals surface area contributed by atoms with E-state index in [4.69, 9.17) is 0 Å². The predicted octanol–water partition coefficient (Wildman–Crippen LogP) is -0.131. The van der Waals surface area contributed by atoms with Crippen molar-refractivity contribution < 1.29 is 14.3 Å². The van der Waals surface area contributed by atoms with Crippen molar-refractivity contribution in [1.29, 1.82) is 0 Å². The van der Waals surface area contributed by atoms with E-state index in [2.05, 4.69) is 15.2 Å². The van der Waals surface area contributed by atoms with Crippen LogP contribution in [0.2, 0.25) is 0 Å². The number of hydrogen-bond donors (Lipinski definition) is 1. The average molecular weight is 239 g/mol. The van der Waals surface area contributed by atoms with Crippen LogP contribution in [0.3, 0.4) is 0 Å². The summed E-state index contributed by atoms with van der Waals surface area (Å²) in [5, 5.41) is 6.72. The topological polar surface area (TPSA) is 73.2 Å². The standard InChI is InChI=1S/C11H17N3O3/c1-7-9(8(2)14(3)13-7)5-10(15)12-6-11(16)17-4/h5-6H2,1-4H3,(H,12,15). The van der Waals surface area contributed by atoms with Gasteiger partial charge < -0.3 is 10.1 Å². The summed E-state index contributed by atoms with van der Waals surface area (Å²) in [4.78, 5) is 22.4. The van der Waals surface area contributed by atoms with Crippen LogP contribution in [-0.4, -0.2) is 35.3 Å². The first kappa shape index (κ1) is 13.2. The molecule has 0 aliphatic heterocycles. The van der Waals surface area contributed by atoms with Gasteiger partial charge >= 0.3 is 5.97 Å². The third-order valence-electron chi connectivity index (χ3n) is 2.65. The maximum absolute atomic E-state index is 11.6. The van der Waals surface area contributed by atoms with Gasteiger partial charge in [0.1, 0.15) is 6.54 Å². The molecule has 0 radical (unpaired) electrons. The van der Waals surface area contributed by atoms with Crippen LogP contribution >= 0.6 is 0 Å². The van der Waals surface area contributed by atoms with Crippen LogP contribution in [0.25, 0.3) is 0 Å². The Morgan fingerprint density at radius 2 is 2.06 bits per heavy atom. The molecule has 1 heterocycles. The van der Waals surface area contributed by atoms with E-state index >= 15 is 0 Å². The molecule has 0 saturated carbocycles. The zero-order valence-electron chi connectivity index (χ0n) is 10.5. The second-order valence-corrected chi connectivity index (χ2v) is 3.80. The van der Waals surface area contributed by atoms with Gasteiger partial charge in [-0.3, -0.25) is 14.3 Å². The zero-order valence-corrected chi connectivity index (χ0v) is 10.5. The second kappa shape index (κ2) is 5.47. The number of aryl methyl sites for hydroxylation is 2. The Bertz CT molecular complexity index is 437. The van der Waals surface area contributed by atoms with E-state index in [1.54, 1.807) is 4.68 Å². The number of rotatable bonds is 4. The number of hydrogen-bond acceptors (Lipinski definition) is 4. The minimum absolute atomic E-state index is 0.103. The van der Waals surface area contributed by atoms with Crippen molar-refractivity contribution in [3.63, 3.8) is 0 Å². The molecule has 0 aliphatic rings.